The van der Waals surface area contributed by atoms with Crippen molar-refractivity contribution in [3.63, 3.8) is 0 Å². The highest BCUT2D eigenvalue weighted by Crippen LogP contribution is 2.17. The van der Waals surface area contributed by atoms with Gasteiger partial charge in [0, 0.05) is 13.6 Å². The Morgan fingerprint density at radius 1 is 1.50 bits per heavy atom. The number of carbonyl (C=O) groups is 1. The SMILES string of the molecule is CC(O)CCN(C)C(=O)COc1ccccc1C(N)=S. The summed E-state index contributed by atoms with van der Waals surface area (Å²) in [7, 11) is 1.67. The van der Waals surface area contributed by atoms with E-state index in [2.05, 4.69) is 0 Å². The maximum atomic E-state index is 11.9. The van der Waals surface area contributed by atoms with E-state index in [1.165, 1.54) is 4.90 Å². The fraction of sp³-hybridized carbons (Fsp3) is 0.429. The molecule has 1 aromatic carbocycles. The minimum Gasteiger partial charge on any atom is -0.483 e. The zero-order chi connectivity index (χ0) is 15.1. The van der Waals surface area contributed by atoms with E-state index >= 15 is 0 Å². The van der Waals surface area contributed by atoms with Crippen LogP contribution in [0.1, 0.15) is 18.9 Å². The summed E-state index contributed by atoms with van der Waals surface area (Å²) < 4.78 is 5.47. The molecule has 0 aliphatic rings. The van der Waals surface area contributed by atoms with Crippen molar-refractivity contribution in [2.45, 2.75) is 19.4 Å². The van der Waals surface area contributed by atoms with Crippen LogP contribution in [0.15, 0.2) is 24.3 Å². The number of likely N-dealkylation sites (N-methyl/N-ethyl adjacent to an activating group) is 1. The van der Waals surface area contributed by atoms with Gasteiger partial charge in [0.05, 0.1) is 11.7 Å². The van der Waals surface area contributed by atoms with Crippen molar-refractivity contribution in [2.24, 2.45) is 5.73 Å². The summed E-state index contributed by atoms with van der Waals surface area (Å²) in [6, 6.07) is 7.06. The zero-order valence-electron chi connectivity index (χ0n) is 11.7. The molecule has 1 aromatic rings. The zero-order valence-corrected chi connectivity index (χ0v) is 12.5. The summed E-state index contributed by atoms with van der Waals surface area (Å²) >= 11 is 4.93. The van der Waals surface area contributed by atoms with Crippen molar-refractivity contribution in [2.75, 3.05) is 20.2 Å². The normalized spacial score (nSPS) is 11.8. The van der Waals surface area contributed by atoms with Gasteiger partial charge in [-0.15, -0.1) is 0 Å². The lowest BCUT2D eigenvalue weighted by Gasteiger charge is -2.18. The number of thiocarbonyl (C=S) groups is 1. The molecule has 0 aliphatic carbocycles. The lowest BCUT2D eigenvalue weighted by atomic mass is 10.2. The van der Waals surface area contributed by atoms with Gasteiger partial charge in [-0.3, -0.25) is 4.79 Å². The number of nitrogens with zero attached hydrogens (tertiary/aromatic N) is 1. The van der Waals surface area contributed by atoms with Gasteiger partial charge in [-0.1, -0.05) is 24.4 Å². The monoisotopic (exact) mass is 296 g/mol. The van der Waals surface area contributed by atoms with Gasteiger partial charge in [0.2, 0.25) is 0 Å². The molecule has 1 unspecified atom stereocenters. The first-order valence-electron chi connectivity index (χ1n) is 6.35. The fourth-order valence-corrected chi connectivity index (χ4v) is 1.72. The number of hydrogen-bond donors (Lipinski definition) is 2. The predicted octanol–water partition coefficient (Wildman–Crippen LogP) is 0.929. The van der Waals surface area contributed by atoms with Gasteiger partial charge in [0.25, 0.3) is 5.91 Å². The van der Waals surface area contributed by atoms with Crippen LogP contribution in [0.3, 0.4) is 0 Å². The van der Waals surface area contributed by atoms with Crippen molar-refractivity contribution in [3.8, 4) is 5.75 Å². The number of aliphatic hydroxyl groups is 1. The predicted molar refractivity (Wildman–Crippen MR) is 81.8 cm³/mol. The minimum atomic E-state index is -0.429. The van der Waals surface area contributed by atoms with Crippen LogP contribution in [-0.2, 0) is 4.79 Å². The van der Waals surface area contributed by atoms with E-state index in [0.717, 1.165) is 0 Å². The molecule has 0 fully saturated rings. The first kappa shape index (κ1) is 16.4. The van der Waals surface area contributed by atoms with Crippen LogP contribution in [0, 0.1) is 0 Å². The van der Waals surface area contributed by atoms with Crippen LogP contribution < -0.4 is 10.5 Å². The Balaban J connectivity index is 2.55. The number of carbonyl (C=O) groups excluding carboxylic acids is 1. The second-order valence-electron chi connectivity index (χ2n) is 4.60. The molecular formula is C14H20N2O3S. The molecule has 110 valence electrons. The molecule has 1 rings (SSSR count). The maximum Gasteiger partial charge on any atom is 0.260 e. The van der Waals surface area contributed by atoms with E-state index in [1.807, 2.05) is 0 Å². The number of ether oxygens (including phenoxy) is 1. The Labute approximate surface area is 124 Å². The summed E-state index contributed by atoms with van der Waals surface area (Å²) in [6.45, 7) is 2.08. The lowest BCUT2D eigenvalue weighted by Crippen LogP contribution is -2.33. The van der Waals surface area contributed by atoms with E-state index in [0.29, 0.717) is 24.3 Å². The molecule has 3 N–H and O–H groups in total. The molecular weight excluding hydrogens is 276 g/mol. The number of amides is 1. The van der Waals surface area contributed by atoms with Crippen LogP contribution in [0.5, 0.6) is 5.75 Å². The van der Waals surface area contributed by atoms with Gasteiger partial charge >= 0.3 is 0 Å². The van der Waals surface area contributed by atoms with Crippen molar-refractivity contribution >= 4 is 23.1 Å². The smallest absolute Gasteiger partial charge is 0.260 e. The standard InChI is InChI=1S/C14H20N2O3S/c1-10(17)7-8-16(2)13(18)9-19-12-6-4-3-5-11(12)14(15)20/h3-6,10,17H,7-9H2,1-2H3,(H2,15,20). The van der Waals surface area contributed by atoms with Crippen molar-refractivity contribution < 1.29 is 14.6 Å². The Morgan fingerprint density at radius 3 is 2.75 bits per heavy atom. The molecule has 0 aliphatic heterocycles. The minimum absolute atomic E-state index is 0.0874. The van der Waals surface area contributed by atoms with E-state index in [9.17, 15) is 9.90 Å². The average molecular weight is 296 g/mol. The Morgan fingerprint density at radius 2 is 2.15 bits per heavy atom. The highest BCUT2D eigenvalue weighted by molar-refractivity contribution is 7.80. The second kappa shape index (κ2) is 7.81. The molecule has 0 saturated heterocycles. The highest BCUT2D eigenvalue weighted by atomic mass is 32.1. The van der Waals surface area contributed by atoms with Gasteiger partial charge < -0.3 is 20.5 Å². The van der Waals surface area contributed by atoms with Gasteiger partial charge in [-0.2, -0.15) is 0 Å². The van der Waals surface area contributed by atoms with Crippen molar-refractivity contribution in [1.29, 1.82) is 0 Å². The third kappa shape index (κ3) is 5.14. The molecule has 1 amide bonds. The molecule has 0 bridgehead atoms. The van der Waals surface area contributed by atoms with Gasteiger partial charge in [0.1, 0.15) is 10.7 Å². The van der Waals surface area contributed by atoms with Gasteiger partial charge in [-0.05, 0) is 25.5 Å². The molecule has 1 atom stereocenters. The second-order valence-corrected chi connectivity index (χ2v) is 5.04. The quantitative estimate of drug-likeness (QED) is 0.732. The molecule has 0 saturated carbocycles. The molecule has 0 radical (unpaired) electrons. The number of benzene rings is 1. The molecule has 20 heavy (non-hydrogen) atoms. The first-order valence-corrected chi connectivity index (χ1v) is 6.76. The maximum absolute atomic E-state index is 11.9. The van der Waals surface area contributed by atoms with Gasteiger partial charge in [-0.25, -0.2) is 0 Å². The topological polar surface area (TPSA) is 75.8 Å². The fourth-order valence-electron chi connectivity index (χ4n) is 1.55. The molecule has 0 heterocycles. The highest BCUT2D eigenvalue weighted by Gasteiger charge is 2.12. The van der Waals surface area contributed by atoms with E-state index in [4.69, 9.17) is 22.7 Å². The third-order valence-corrected chi connectivity index (χ3v) is 3.03. The summed E-state index contributed by atoms with van der Waals surface area (Å²) in [5, 5.41) is 9.19. The third-order valence-electron chi connectivity index (χ3n) is 2.81. The van der Waals surface area contributed by atoms with Crippen LogP contribution >= 0.6 is 12.2 Å². The summed E-state index contributed by atoms with van der Waals surface area (Å²) in [6.07, 6.45) is 0.104. The van der Waals surface area contributed by atoms with Crippen molar-refractivity contribution in [1.82, 2.24) is 4.90 Å². The number of nitrogens with two attached hydrogens (primary N) is 1. The van der Waals surface area contributed by atoms with Crippen LogP contribution in [0.4, 0.5) is 0 Å². The molecule has 0 spiro atoms. The first-order chi connectivity index (χ1) is 9.41. The summed E-state index contributed by atoms with van der Waals surface area (Å²) in [5.41, 5.74) is 6.20. The summed E-state index contributed by atoms with van der Waals surface area (Å²) in [5.74, 6) is 0.334. The van der Waals surface area contributed by atoms with Crippen LogP contribution in [0.25, 0.3) is 0 Å². The van der Waals surface area contributed by atoms with E-state index in [1.54, 1.807) is 38.2 Å². The molecule has 5 nitrogen and oxygen atoms in total. The largest absolute Gasteiger partial charge is 0.483 e. The van der Waals surface area contributed by atoms with Crippen LogP contribution in [-0.4, -0.2) is 47.2 Å². The number of aliphatic hydroxyl groups excluding tert-OH is 1. The number of rotatable bonds is 7. The van der Waals surface area contributed by atoms with Crippen LogP contribution in [0.2, 0.25) is 0 Å². The Hall–Kier alpha value is -1.66. The van der Waals surface area contributed by atoms with E-state index < -0.39 is 6.10 Å². The lowest BCUT2D eigenvalue weighted by molar-refractivity contribution is -0.132. The van der Waals surface area contributed by atoms with Crippen molar-refractivity contribution in [3.05, 3.63) is 29.8 Å². The van der Waals surface area contributed by atoms with Gasteiger partial charge in [0.15, 0.2) is 6.61 Å². The molecule has 6 heteroatoms. The Bertz CT molecular complexity index is 477. The Kier molecular flexibility index (Phi) is 6.41. The molecule has 0 aromatic heterocycles. The average Bonchev–Trinajstić information content (AvgIpc) is 2.42. The number of hydrogen-bond acceptors (Lipinski definition) is 4. The number of para-hydroxylation sites is 1. The summed E-state index contributed by atoms with van der Waals surface area (Å²) in [4.78, 5) is 13.6. The van der Waals surface area contributed by atoms with E-state index in [-0.39, 0.29) is 17.5 Å².